The van der Waals surface area contributed by atoms with E-state index >= 15 is 0 Å². The van der Waals surface area contributed by atoms with Gasteiger partial charge in [-0.3, -0.25) is 4.79 Å². The van der Waals surface area contributed by atoms with Gasteiger partial charge in [0.2, 0.25) is 0 Å². The number of anilines is 1. The Kier molecular flexibility index (Phi) is 6.12. The van der Waals surface area contributed by atoms with Crippen LogP contribution in [0.5, 0.6) is 0 Å². The van der Waals surface area contributed by atoms with Crippen LogP contribution in [0.15, 0.2) is 71.8 Å². The van der Waals surface area contributed by atoms with Gasteiger partial charge in [-0.15, -0.1) is 0 Å². The Labute approximate surface area is 202 Å². The van der Waals surface area contributed by atoms with Crippen LogP contribution >= 0.6 is 0 Å². The zero-order valence-electron chi connectivity index (χ0n) is 18.8. The van der Waals surface area contributed by atoms with Crippen LogP contribution < -0.4 is 5.32 Å². The van der Waals surface area contributed by atoms with Crippen LogP contribution in [-0.2, 0) is 32.2 Å². The average Bonchev–Trinajstić information content (AvgIpc) is 3.63. The Bertz CT molecular complexity index is 1340. The van der Waals surface area contributed by atoms with E-state index in [9.17, 15) is 18.0 Å². The number of ether oxygens (including phenoxy) is 1. The van der Waals surface area contributed by atoms with E-state index < -0.39 is 27.8 Å². The monoisotopic (exact) mass is 492 g/mol. The zero-order valence-corrected chi connectivity index (χ0v) is 19.6. The first-order chi connectivity index (χ1) is 16.8. The van der Waals surface area contributed by atoms with Crippen molar-refractivity contribution in [1.82, 2.24) is 4.98 Å². The molecule has 35 heavy (non-hydrogen) atoms. The molecular formula is C26H24N2O6S. The molecule has 2 aliphatic carbocycles. The van der Waals surface area contributed by atoms with E-state index in [-0.39, 0.29) is 27.6 Å². The minimum atomic E-state index is -3.35. The van der Waals surface area contributed by atoms with Gasteiger partial charge in [0.25, 0.3) is 5.91 Å². The molecule has 180 valence electrons. The minimum Gasteiger partial charge on any atom is -0.478 e. The van der Waals surface area contributed by atoms with Gasteiger partial charge in [0.15, 0.2) is 15.9 Å². The molecule has 2 aromatic carbocycles. The fourth-order valence-corrected chi connectivity index (χ4v) is 5.95. The lowest BCUT2D eigenvalue weighted by molar-refractivity contribution is -0.131. The summed E-state index contributed by atoms with van der Waals surface area (Å²) in [5.74, 6) is -1.40. The number of aromatic nitrogens is 1. The third-order valence-corrected chi connectivity index (χ3v) is 8.59. The molecule has 0 bridgehead atoms. The van der Waals surface area contributed by atoms with Gasteiger partial charge >= 0.3 is 5.97 Å². The zero-order chi connectivity index (χ0) is 24.6. The number of hydrogen-bond donors (Lipinski definition) is 2. The Morgan fingerprint density at radius 1 is 0.971 bits per heavy atom. The molecule has 0 aliphatic heterocycles. The molecular weight excluding hydrogens is 468 g/mol. The highest BCUT2D eigenvalue weighted by atomic mass is 32.2. The van der Waals surface area contributed by atoms with E-state index in [2.05, 4.69) is 10.3 Å². The Hall–Kier alpha value is -3.56. The summed E-state index contributed by atoms with van der Waals surface area (Å²) in [7, 11) is -3.35. The molecule has 1 fully saturated rings. The minimum absolute atomic E-state index is 0.00646. The van der Waals surface area contributed by atoms with Gasteiger partial charge in [0.05, 0.1) is 21.8 Å². The van der Waals surface area contributed by atoms with Gasteiger partial charge in [-0.2, -0.15) is 0 Å². The Morgan fingerprint density at radius 2 is 1.63 bits per heavy atom. The number of amides is 1. The van der Waals surface area contributed by atoms with Crippen LogP contribution in [0.4, 0.5) is 5.82 Å². The topological polar surface area (TPSA) is 123 Å². The SMILES string of the molecule is O=C(O)c1ccc(NC(=O)C(OC2Cc3ccccc3C2)c2ccc(S(=O)(=O)C3CC3)cc2)nc1. The van der Waals surface area contributed by atoms with Crippen molar-refractivity contribution < 1.29 is 27.9 Å². The molecule has 0 saturated heterocycles. The third kappa shape index (κ3) is 4.96. The maximum absolute atomic E-state index is 13.3. The second-order valence-electron chi connectivity index (χ2n) is 8.86. The average molecular weight is 493 g/mol. The Morgan fingerprint density at radius 3 is 2.17 bits per heavy atom. The lowest BCUT2D eigenvalue weighted by atomic mass is 10.1. The molecule has 1 atom stereocenters. The normalized spacial score (nSPS) is 16.5. The van der Waals surface area contributed by atoms with E-state index in [1.807, 2.05) is 24.3 Å². The van der Waals surface area contributed by atoms with Crippen molar-refractivity contribution in [1.29, 1.82) is 0 Å². The molecule has 0 spiro atoms. The summed E-state index contributed by atoms with van der Waals surface area (Å²) in [6.45, 7) is 0. The van der Waals surface area contributed by atoms with Crippen molar-refractivity contribution in [3.63, 3.8) is 0 Å². The largest absolute Gasteiger partial charge is 0.478 e. The lowest BCUT2D eigenvalue weighted by Gasteiger charge is -2.22. The summed E-state index contributed by atoms with van der Waals surface area (Å²) in [4.78, 5) is 28.6. The highest BCUT2D eigenvalue weighted by Crippen LogP contribution is 2.35. The molecule has 1 saturated carbocycles. The van der Waals surface area contributed by atoms with Crippen molar-refractivity contribution >= 4 is 27.5 Å². The number of rotatable bonds is 8. The molecule has 1 heterocycles. The number of carbonyl (C=O) groups excluding carboxylic acids is 1. The number of sulfone groups is 1. The van der Waals surface area contributed by atoms with Crippen LogP contribution in [0, 0.1) is 0 Å². The summed E-state index contributed by atoms with van der Waals surface area (Å²) in [6, 6.07) is 17.1. The summed E-state index contributed by atoms with van der Waals surface area (Å²) in [5, 5.41) is 11.4. The third-order valence-electron chi connectivity index (χ3n) is 6.32. The summed E-state index contributed by atoms with van der Waals surface area (Å²) in [6.07, 6.45) is 2.62. The predicted octanol–water partition coefficient (Wildman–Crippen LogP) is 3.58. The van der Waals surface area contributed by atoms with Crippen molar-refractivity contribution in [3.8, 4) is 0 Å². The van der Waals surface area contributed by atoms with E-state index in [1.54, 1.807) is 12.1 Å². The van der Waals surface area contributed by atoms with Gasteiger partial charge < -0.3 is 15.2 Å². The number of carboxylic acid groups (broad SMARTS) is 1. The van der Waals surface area contributed by atoms with Crippen LogP contribution in [0.25, 0.3) is 0 Å². The number of carboxylic acids is 1. The number of hydrogen-bond acceptors (Lipinski definition) is 6. The van der Waals surface area contributed by atoms with Crippen molar-refractivity contribution in [2.75, 3.05) is 5.32 Å². The smallest absolute Gasteiger partial charge is 0.337 e. The van der Waals surface area contributed by atoms with Crippen molar-refractivity contribution in [2.24, 2.45) is 0 Å². The van der Waals surface area contributed by atoms with Gasteiger partial charge in [-0.1, -0.05) is 36.4 Å². The van der Waals surface area contributed by atoms with E-state index in [4.69, 9.17) is 9.84 Å². The molecule has 8 nitrogen and oxygen atoms in total. The van der Waals surface area contributed by atoms with Crippen LogP contribution in [0.1, 0.15) is 46.0 Å². The summed E-state index contributed by atoms with van der Waals surface area (Å²) >= 11 is 0. The van der Waals surface area contributed by atoms with Gasteiger partial charge in [-0.25, -0.2) is 18.2 Å². The highest BCUT2D eigenvalue weighted by Gasteiger charge is 2.37. The number of pyridine rings is 1. The number of aromatic carboxylic acids is 1. The van der Waals surface area contributed by atoms with E-state index in [0.717, 1.165) is 0 Å². The van der Waals surface area contributed by atoms with E-state index in [1.165, 1.54) is 41.6 Å². The van der Waals surface area contributed by atoms with Crippen molar-refractivity contribution in [2.45, 2.75) is 48.0 Å². The lowest BCUT2D eigenvalue weighted by Crippen LogP contribution is -2.28. The molecule has 1 unspecified atom stereocenters. The molecule has 5 rings (SSSR count). The van der Waals surface area contributed by atoms with E-state index in [0.29, 0.717) is 31.2 Å². The first-order valence-corrected chi connectivity index (χ1v) is 12.9. The second-order valence-corrected chi connectivity index (χ2v) is 11.1. The number of benzene rings is 2. The van der Waals surface area contributed by atoms with Crippen LogP contribution in [0.2, 0.25) is 0 Å². The van der Waals surface area contributed by atoms with Gasteiger partial charge in [0, 0.05) is 6.20 Å². The van der Waals surface area contributed by atoms with Crippen LogP contribution in [-0.4, -0.2) is 41.7 Å². The molecule has 3 aromatic rings. The maximum atomic E-state index is 13.3. The molecule has 2 aliphatic rings. The standard InChI is InChI=1S/C26H24N2O6S/c29-25(28-23-12-7-19(15-27-23)26(30)31)24(34-20-13-17-3-1-2-4-18(17)14-20)16-5-8-21(9-6-16)35(32,33)22-10-11-22/h1-9,12,15,20,22,24H,10-11,13-14H2,(H,30,31)(H,27,28,29). The maximum Gasteiger partial charge on any atom is 0.337 e. The quantitative estimate of drug-likeness (QED) is 0.493. The first-order valence-electron chi connectivity index (χ1n) is 11.4. The number of carbonyl (C=O) groups is 2. The molecule has 0 radical (unpaired) electrons. The molecule has 9 heteroatoms. The summed E-state index contributed by atoms with van der Waals surface area (Å²) in [5.41, 5.74) is 2.88. The highest BCUT2D eigenvalue weighted by molar-refractivity contribution is 7.92. The van der Waals surface area contributed by atoms with Crippen LogP contribution in [0.3, 0.4) is 0 Å². The number of nitrogens with zero attached hydrogens (tertiary/aromatic N) is 1. The Balaban J connectivity index is 1.38. The molecule has 1 aromatic heterocycles. The fourth-order valence-electron chi connectivity index (χ4n) is 4.29. The summed E-state index contributed by atoms with van der Waals surface area (Å²) < 4.78 is 31.4. The number of nitrogens with one attached hydrogen (secondary N) is 1. The predicted molar refractivity (Wildman–Crippen MR) is 128 cm³/mol. The number of fused-ring (bicyclic) bond motifs is 1. The molecule has 2 N–H and O–H groups in total. The molecule has 1 amide bonds. The van der Waals surface area contributed by atoms with Crippen molar-refractivity contribution in [3.05, 3.63) is 89.1 Å². The van der Waals surface area contributed by atoms with Gasteiger partial charge in [0.1, 0.15) is 5.82 Å². The second kappa shape index (κ2) is 9.24. The fraction of sp³-hybridized carbons (Fsp3) is 0.269. The first kappa shape index (κ1) is 23.2. The van der Waals surface area contributed by atoms with Gasteiger partial charge in [-0.05, 0) is 66.6 Å².